The zero-order valence-corrected chi connectivity index (χ0v) is 12.8. The van der Waals surface area contributed by atoms with Gasteiger partial charge in [-0.3, -0.25) is 0 Å². The van der Waals surface area contributed by atoms with Crippen molar-refractivity contribution in [3.8, 4) is 10.7 Å². The van der Waals surface area contributed by atoms with Crippen LogP contribution in [0.1, 0.15) is 6.42 Å². The average molecular weight is 315 g/mol. The maximum absolute atomic E-state index is 11.5. The molecule has 1 saturated heterocycles. The quantitative estimate of drug-likeness (QED) is 0.864. The van der Waals surface area contributed by atoms with E-state index in [0.717, 1.165) is 15.9 Å². The van der Waals surface area contributed by atoms with E-state index in [0.29, 0.717) is 12.2 Å². The average Bonchev–Trinajstić information content (AvgIpc) is 3.03. The van der Waals surface area contributed by atoms with Crippen LogP contribution in [0.5, 0.6) is 0 Å². The molecule has 2 aromatic heterocycles. The highest BCUT2D eigenvalue weighted by molar-refractivity contribution is 8.01. The maximum Gasteiger partial charge on any atom is 0.191 e. The summed E-state index contributed by atoms with van der Waals surface area (Å²) in [5.74, 6) is 1.37. The second-order valence-electron chi connectivity index (χ2n) is 4.49. The van der Waals surface area contributed by atoms with E-state index < -0.39 is 9.84 Å². The van der Waals surface area contributed by atoms with Gasteiger partial charge in [0.2, 0.25) is 0 Å². The first-order valence-corrected chi connectivity index (χ1v) is 9.43. The number of thioether (sulfide) groups is 1. The van der Waals surface area contributed by atoms with Crippen molar-refractivity contribution in [2.24, 2.45) is 7.05 Å². The Labute approximate surface area is 120 Å². The standard InChI is InChI=1S/C11H13N3O2S3/c1-14-10(9-3-2-5-17-9)12-13-11(14)18-8-4-6-19(15,16)7-8/h2-3,5,8H,4,6-7H2,1H3. The normalized spacial score (nSPS) is 21.8. The van der Waals surface area contributed by atoms with Crippen LogP contribution in [0, 0.1) is 0 Å². The monoisotopic (exact) mass is 315 g/mol. The molecule has 0 radical (unpaired) electrons. The van der Waals surface area contributed by atoms with Gasteiger partial charge in [0, 0.05) is 12.3 Å². The molecular formula is C11H13N3O2S3. The van der Waals surface area contributed by atoms with Crippen molar-refractivity contribution in [1.82, 2.24) is 14.8 Å². The van der Waals surface area contributed by atoms with Crippen LogP contribution < -0.4 is 0 Å². The van der Waals surface area contributed by atoms with E-state index in [1.54, 1.807) is 11.3 Å². The second-order valence-corrected chi connectivity index (χ2v) is 8.93. The Kier molecular flexibility index (Phi) is 3.40. The summed E-state index contributed by atoms with van der Waals surface area (Å²) in [6, 6.07) is 3.98. The summed E-state index contributed by atoms with van der Waals surface area (Å²) in [6.45, 7) is 0. The van der Waals surface area contributed by atoms with Gasteiger partial charge in [0.15, 0.2) is 20.8 Å². The van der Waals surface area contributed by atoms with Crippen LogP contribution in [-0.2, 0) is 16.9 Å². The van der Waals surface area contributed by atoms with Gasteiger partial charge in [0.05, 0.1) is 16.4 Å². The summed E-state index contributed by atoms with van der Waals surface area (Å²) in [5.41, 5.74) is 0. The van der Waals surface area contributed by atoms with Crippen LogP contribution >= 0.6 is 23.1 Å². The molecule has 19 heavy (non-hydrogen) atoms. The highest BCUT2D eigenvalue weighted by Crippen LogP contribution is 2.32. The van der Waals surface area contributed by atoms with Crippen LogP contribution in [0.25, 0.3) is 10.7 Å². The van der Waals surface area contributed by atoms with E-state index in [2.05, 4.69) is 10.2 Å². The van der Waals surface area contributed by atoms with E-state index in [9.17, 15) is 8.42 Å². The molecule has 0 amide bonds. The third kappa shape index (κ3) is 2.70. The van der Waals surface area contributed by atoms with Gasteiger partial charge >= 0.3 is 0 Å². The fourth-order valence-corrected chi connectivity index (χ4v) is 6.24. The highest BCUT2D eigenvalue weighted by atomic mass is 32.2. The Hall–Kier alpha value is -0.860. The second kappa shape index (κ2) is 4.92. The molecule has 1 aliphatic heterocycles. The lowest BCUT2D eigenvalue weighted by molar-refractivity contribution is 0.602. The number of aromatic nitrogens is 3. The van der Waals surface area contributed by atoms with Gasteiger partial charge in [0.1, 0.15) is 0 Å². The number of nitrogens with zero attached hydrogens (tertiary/aromatic N) is 3. The van der Waals surface area contributed by atoms with Crippen molar-refractivity contribution in [3.63, 3.8) is 0 Å². The van der Waals surface area contributed by atoms with Gasteiger partial charge < -0.3 is 4.57 Å². The molecule has 0 bridgehead atoms. The minimum atomic E-state index is -2.84. The van der Waals surface area contributed by atoms with Crippen LogP contribution in [0.15, 0.2) is 22.7 Å². The topological polar surface area (TPSA) is 64.8 Å². The summed E-state index contributed by atoms with van der Waals surface area (Å²) >= 11 is 3.13. The van der Waals surface area contributed by atoms with Gasteiger partial charge in [-0.25, -0.2) is 8.42 Å². The van der Waals surface area contributed by atoms with E-state index in [-0.39, 0.29) is 11.0 Å². The van der Waals surface area contributed by atoms with Gasteiger partial charge in [-0.2, -0.15) is 0 Å². The van der Waals surface area contributed by atoms with Gasteiger partial charge in [-0.05, 0) is 17.9 Å². The van der Waals surface area contributed by atoms with E-state index in [1.807, 2.05) is 29.1 Å². The van der Waals surface area contributed by atoms with Gasteiger partial charge in [0.25, 0.3) is 0 Å². The zero-order chi connectivity index (χ0) is 13.5. The van der Waals surface area contributed by atoms with E-state index in [4.69, 9.17) is 0 Å². The Bertz CT molecular complexity index is 676. The van der Waals surface area contributed by atoms with Crippen LogP contribution in [0.3, 0.4) is 0 Å². The van der Waals surface area contributed by atoms with Gasteiger partial charge in [-0.15, -0.1) is 21.5 Å². The number of hydrogen-bond donors (Lipinski definition) is 0. The van der Waals surface area contributed by atoms with E-state index in [1.165, 1.54) is 11.8 Å². The smallest absolute Gasteiger partial charge is 0.191 e. The Balaban J connectivity index is 1.80. The molecule has 0 aromatic carbocycles. The minimum Gasteiger partial charge on any atom is -0.304 e. The van der Waals surface area contributed by atoms with Crippen molar-refractivity contribution in [2.75, 3.05) is 11.5 Å². The lowest BCUT2D eigenvalue weighted by Gasteiger charge is -2.06. The Morgan fingerprint density at radius 1 is 1.47 bits per heavy atom. The molecule has 0 N–H and O–H groups in total. The first kappa shape index (κ1) is 13.1. The molecule has 3 heterocycles. The molecule has 2 aromatic rings. The first-order valence-electron chi connectivity index (χ1n) is 5.85. The number of sulfone groups is 1. The van der Waals surface area contributed by atoms with Gasteiger partial charge in [-0.1, -0.05) is 17.8 Å². The zero-order valence-electron chi connectivity index (χ0n) is 10.3. The lowest BCUT2D eigenvalue weighted by Crippen LogP contribution is -2.07. The van der Waals surface area contributed by atoms with Crippen molar-refractivity contribution >= 4 is 32.9 Å². The third-order valence-corrected chi connectivity index (χ3v) is 7.19. The third-order valence-electron chi connectivity index (χ3n) is 3.04. The number of thiophene rings is 1. The fraction of sp³-hybridized carbons (Fsp3) is 0.455. The molecule has 1 atom stereocenters. The Morgan fingerprint density at radius 3 is 2.95 bits per heavy atom. The molecule has 1 fully saturated rings. The number of hydrogen-bond acceptors (Lipinski definition) is 6. The summed E-state index contributed by atoms with van der Waals surface area (Å²) in [7, 11) is -0.924. The fourth-order valence-electron chi connectivity index (χ4n) is 2.04. The molecule has 5 nitrogen and oxygen atoms in total. The minimum absolute atomic E-state index is 0.101. The maximum atomic E-state index is 11.5. The van der Waals surface area contributed by atoms with Crippen LogP contribution in [-0.4, -0.2) is 39.9 Å². The van der Waals surface area contributed by atoms with Crippen LogP contribution in [0.2, 0.25) is 0 Å². The van der Waals surface area contributed by atoms with Crippen LogP contribution in [0.4, 0.5) is 0 Å². The molecule has 8 heteroatoms. The van der Waals surface area contributed by atoms with Crippen molar-refractivity contribution in [2.45, 2.75) is 16.8 Å². The van der Waals surface area contributed by atoms with E-state index >= 15 is 0 Å². The molecule has 0 saturated carbocycles. The predicted octanol–water partition coefficient (Wildman–Crippen LogP) is 1.82. The largest absolute Gasteiger partial charge is 0.304 e. The SMILES string of the molecule is Cn1c(SC2CCS(=O)(=O)C2)nnc1-c1cccs1. The number of rotatable bonds is 3. The predicted molar refractivity (Wildman–Crippen MR) is 77.2 cm³/mol. The summed E-state index contributed by atoms with van der Waals surface area (Å²) < 4.78 is 24.8. The van der Waals surface area contributed by atoms with Crippen molar-refractivity contribution in [3.05, 3.63) is 17.5 Å². The molecule has 102 valence electrons. The molecule has 3 rings (SSSR count). The first-order chi connectivity index (χ1) is 9.05. The molecule has 1 aliphatic rings. The summed E-state index contributed by atoms with van der Waals surface area (Å²) in [4.78, 5) is 1.07. The summed E-state index contributed by atoms with van der Waals surface area (Å²) in [5, 5.41) is 11.2. The summed E-state index contributed by atoms with van der Waals surface area (Å²) in [6.07, 6.45) is 0.703. The molecule has 0 aliphatic carbocycles. The molecule has 1 unspecified atom stereocenters. The lowest BCUT2D eigenvalue weighted by atomic mass is 10.4. The highest BCUT2D eigenvalue weighted by Gasteiger charge is 2.30. The van der Waals surface area contributed by atoms with Crippen molar-refractivity contribution < 1.29 is 8.42 Å². The molecular weight excluding hydrogens is 302 g/mol. The molecule has 0 spiro atoms. The van der Waals surface area contributed by atoms with Crippen molar-refractivity contribution in [1.29, 1.82) is 0 Å². The Morgan fingerprint density at radius 2 is 2.32 bits per heavy atom.